The SMILES string of the molecule is CC(O)C1CCN(C(=O)CC2CCCC(N)C2)C1. The van der Waals surface area contributed by atoms with Crippen molar-refractivity contribution in [2.24, 2.45) is 17.6 Å². The van der Waals surface area contributed by atoms with E-state index in [1.807, 2.05) is 11.8 Å². The second-order valence-electron chi connectivity index (χ2n) is 6.13. The molecule has 0 radical (unpaired) electrons. The van der Waals surface area contributed by atoms with Crippen molar-refractivity contribution in [2.45, 2.75) is 57.6 Å². The molecule has 0 aromatic carbocycles. The van der Waals surface area contributed by atoms with Crippen LogP contribution in [0.1, 0.15) is 45.4 Å². The molecule has 0 spiro atoms. The number of hydrogen-bond donors (Lipinski definition) is 2. The largest absolute Gasteiger partial charge is 0.393 e. The van der Waals surface area contributed by atoms with Gasteiger partial charge in [0.25, 0.3) is 0 Å². The van der Waals surface area contributed by atoms with Gasteiger partial charge in [-0.05, 0) is 38.5 Å². The number of carbonyl (C=O) groups excluding carboxylic acids is 1. The lowest BCUT2D eigenvalue weighted by molar-refractivity contribution is -0.131. The maximum absolute atomic E-state index is 12.2. The topological polar surface area (TPSA) is 66.6 Å². The van der Waals surface area contributed by atoms with Gasteiger partial charge in [-0.3, -0.25) is 4.79 Å². The fraction of sp³-hybridized carbons (Fsp3) is 0.929. The van der Waals surface area contributed by atoms with Gasteiger partial charge in [-0.1, -0.05) is 6.42 Å². The summed E-state index contributed by atoms with van der Waals surface area (Å²) in [5, 5.41) is 9.55. The summed E-state index contributed by atoms with van der Waals surface area (Å²) >= 11 is 0. The lowest BCUT2D eigenvalue weighted by Crippen LogP contribution is -2.34. The van der Waals surface area contributed by atoms with Crippen LogP contribution in [0.25, 0.3) is 0 Å². The lowest BCUT2D eigenvalue weighted by Gasteiger charge is -2.27. The quantitative estimate of drug-likeness (QED) is 0.793. The fourth-order valence-electron chi connectivity index (χ4n) is 3.30. The molecule has 1 aliphatic heterocycles. The van der Waals surface area contributed by atoms with Crippen LogP contribution in [0.3, 0.4) is 0 Å². The summed E-state index contributed by atoms with van der Waals surface area (Å²) < 4.78 is 0. The first-order valence-electron chi connectivity index (χ1n) is 7.27. The molecule has 1 saturated carbocycles. The highest BCUT2D eigenvalue weighted by atomic mass is 16.3. The zero-order valence-electron chi connectivity index (χ0n) is 11.3. The number of carbonyl (C=O) groups is 1. The summed E-state index contributed by atoms with van der Waals surface area (Å²) in [7, 11) is 0. The third kappa shape index (κ3) is 3.45. The van der Waals surface area contributed by atoms with Gasteiger partial charge in [0.05, 0.1) is 6.10 Å². The minimum atomic E-state index is -0.300. The molecule has 2 rings (SSSR count). The Bertz CT molecular complexity index is 294. The molecule has 3 N–H and O–H groups in total. The molecule has 18 heavy (non-hydrogen) atoms. The van der Waals surface area contributed by atoms with Crippen LogP contribution in [-0.4, -0.2) is 41.1 Å². The monoisotopic (exact) mass is 254 g/mol. The van der Waals surface area contributed by atoms with Crippen LogP contribution >= 0.6 is 0 Å². The lowest BCUT2D eigenvalue weighted by atomic mass is 9.84. The predicted molar refractivity (Wildman–Crippen MR) is 70.9 cm³/mol. The Morgan fingerprint density at radius 2 is 2.22 bits per heavy atom. The summed E-state index contributed by atoms with van der Waals surface area (Å²) in [4.78, 5) is 14.1. The van der Waals surface area contributed by atoms with Crippen molar-refractivity contribution in [3.05, 3.63) is 0 Å². The molecule has 2 aliphatic rings. The minimum absolute atomic E-state index is 0.261. The van der Waals surface area contributed by atoms with Gasteiger partial charge in [0.1, 0.15) is 0 Å². The number of aliphatic hydroxyl groups is 1. The molecule has 1 heterocycles. The molecule has 1 amide bonds. The molecule has 0 aromatic heterocycles. The number of rotatable bonds is 3. The molecule has 1 saturated heterocycles. The minimum Gasteiger partial charge on any atom is -0.393 e. The Kier molecular flexibility index (Phi) is 4.62. The zero-order chi connectivity index (χ0) is 13.1. The van der Waals surface area contributed by atoms with Gasteiger partial charge < -0.3 is 15.7 Å². The number of amides is 1. The van der Waals surface area contributed by atoms with Gasteiger partial charge in [-0.25, -0.2) is 0 Å². The van der Waals surface area contributed by atoms with E-state index in [1.54, 1.807) is 0 Å². The molecule has 4 heteroatoms. The van der Waals surface area contributed by atoms with E-state index in [2.05, 4.69) is 0 Å². The van der Waals surface area contributed by atoms with Gasteiger partial charge in [0, 0.05) is 31.5 Å². The van der Waals surface area contributed by atoms with Crippen molar-refractivity contribution in [1.82, 2.24) is 4.90 Å². The van der Waals surface area contributed by atoms with Gasteiger partial charge >= 0.3 is 0 Å². The van der Waals surface area contributed by atoms with Crippen LogP contribution in [0, 0.1) is 11.8 Å². The van der Waals surface area contributed by atoms with Crippen molar-refractivity contribution >= 4 is 5.91 Å². The van der Waals surface area contributed by atoms with Gasteiger partial charge in [0.15, 0.2) is 0 Å². The summed E-state index contributed by atoms with van der Waals surface area (Å²) in [5.41, 5.74) is 5.96. The van der Waals surface area contributed by atoms with Crippen molar-refractivity contribution < 1.29 is 9.90 Å². The molecule has 0 aromatic rings. The molecular weight excluding hydrogens is 228 g/mol. The molecule has 4 atom stereocenters. The van der Waals surface area contributed by atoms with Crippen molar-refractivity contribution in [2.75, 3.05) is 13.1 Å². The van der Waals surface area contributed by atoms with E-state index in [9.17, 15) is 9.90 Å². The van der Waals surface area contributed by atoms with E-state index in [-0.39, 0.29) is 17.9 Å². The average molecular weight is 254 g/mol. The van der Waals surface area contributed by atoms with Crippen molar-refractivity contribution in [3.8, 4) is 0 Å². The highest BCUT2D eigenvalue weighted by Crippen LogP contribution is 2.28. The van der Waals surface area contributed by atoms with Gasteiger partial charge in [-0.2, -0.15) is 0 Å². The Labute approximate surface area is 110 Å². The molecule has 0 bridgehead atoms. The summed E-state index contributed by atoms with van der Waals surface area (Å²) in [6.45, 7) is 3.36. The third-order valence-corrected chi connectivity index (χ3v) is 4.55. The van der Waals surface area contributed by atoms with Gasteiger partial charge in [0.2, 0.25) is 5.91 Å². The van der Waals surface area contributed by atoms with Crippen LogP contribution in [-0.2, 0) is 4.79 Å². The Morgan fingerprint density at radius 1 is 1.44 bits per heavy atom. The maximum Gasteiger partial charge on any atom is 0.222 e. The van der Waals surface area contributed by atoms with Crippen LogP contribution in [0.15, 0.2) is 0 Å². The normalized spacial score (nSPS) is 34.6. The number of likely N-dealkylation sites (tertiary alicyclic amines) is 1. The smallest absolute Gasteiger partial charge is 0.222 e. The van der Waals surface area contributed by atoms with Crippen LogP contribution in [0.4, 0.5) is 0 Å². The van der Waals surface area contributed by atoms with Crippen LogP contribution in [0.2, 0.25) is 0 Å². The highest BCUT2D eigenvalue weighted by molar-refractivity contribution is 5.76. The first-order valence-corrected chi connectivity index (χ1v) is 7.27. The van der Waals surface area contributed by atoms with Crippen molar-refractivity contribution in [3.63, 3.8) is 0 Å². The van der Waals surface area contributed by atoms with E-state index in [0.29, 0.717) is 18.4 Å². The maximum atomic E-state index is 12.2. The van der Waals surface area contributed by atoms with E-state index in [1.165, 1.54) is 0 Å². The molecule has 1 aliphatic carbocycles. The fourth-order valence-corrected chi connectivity index (χ4v) is 3.30. The van der Waals surface area contributed by atoms with E-state index in [4.69, 9.17) is 5.73 Å². The van der Waals surface area contributed by atoms with E-state index >= 15 is 0 Å². The van der Waals surface area contributed by atoms with Gasteiger partial charge in [-0.15, -0.1) is 0 Å². The standard InChI is InChI=1S/C14H26N2O2/c1-10(17)12-5-6-16(9-12)14(18)8-11-3-2-4-13(15)7-11/h10-13,17H,2-9,15H2,1H3. The molecule has 2 fully saturated rings. The summed E-state index contributed by atoms with van der Waals surface area (Å²) in [5.74, 6) is 1.01. The number of nitrogens with zero attached hydrogens (tertiary/aromatic N) is 1. The molecular formula is C14H26N2O2. The summed E-state index contributed by atoms with van der Waals surface area (Å²) in [6.07, 6.45) is 5.71. The molecule has 4 unspecified atom stereocenters. The third-order valence-electron chi connectivity index (χ3n) is 4.55. The first kappa shape index (κ1) is 13.8. The molecule has 104 valence electrons. The number of nitrogens with two attached hydrogens (primary N) is 1. The van der Waals surface area contributed by atoms with E-state index < -0.39 is 0 Å². The molecule has 4 nitrogen and oxygen atoms in total. The second kappa shape index (κ2) is 6.02. The first-order chi connectivity index (χ1) is 8.56. The predicted octanol–water partition coefficient (Wildman–Crippen LogP) is 1.12. The highest BCUT2D eigenvalue weighted by Gasteiger charge is 2.30. The Morgan fingerprint density at radius 3 is 2.83 bits per heavy atom. The number of hydrogen-bond acceptors (Lipinski definition) is 3. The Hall–Kier alpha value is -0.610. The Balaban J connectivity index is 1.78. The van der Waals surface area contributed by atoms with Crippen LogP contribution < -0.4 is 5.73 Å². The zero-order valence-corrected chi connectivity index (χ0v) is 11.3. The average Bonchev–Trinajstić information content (AvgIpc) is 2.78. The van der Waals surface area contributed by atoms with Crippen molar-refractivity contribution in [1.29, 1.82) is 0 Å². The van der Waals surface area contributed by atoms with E-state index in [0.717, 1.165) is 45.2 Å². The van der Waals surface area contributed by atoms with Crippen LogP contribution in [0.5, 0.6) is 0 Å². The second-order valence-corrected chi connectivity index (χ2v) is 6.13. The number of aliphatic hydroxyl groups excluding tert-OH is 1. The summed E-state index contributed by atoms with van der Waals surface area (Å²) in [6, 6.07) is 0.292.